The molecule has 0 saturated heterocycles. The molecule has 6 heteroatoms. The first kappa shape index (κ1) is 17.2. The summed E-state index contributed by atoms with van der Waals surface area (Å²) in [5.74, 6) is -0.401. The highest BCUT2D eigenvalue weighted by atomic mass is 16.1. The van der Waals surface area contributed by atoms with Gasteiger partial charge in [-0.15, -0.1) is 0 Å². The zero-order valence-corrected chi connectivity index (χ0v) is 14.7. The van der Waals surface area contributed by atoms with Crippen LogP contribution in [0.25, 0.3) is 17.1 Å². The predicted molar refractivity (Wildman–Crippen MR) is 102 cm³/mol. The standard InChI is InChI=1S/C20H19N5O/c1-25(2)17-7-5-14(6-8-17)12-24-20(26)15(11-21)10-16-13-23-19-18(16)4-3-9-22-19/h3-10,13H,12H2,1-2H3,(H,22,23)(H,24,26)/b15-10+. The number of fused-ring (bicyclic) bond motifs is 1. The third-order valence-corrected chi connectivity index (χ3v) is 4.05. The summed E-state index contributed by atoms with van der Waals surface area (Å²) in [4.78, 5) is 21.6. The van der Waals surface area contributed by atoms with Crippen molar-refractivity contribution in [2.45, 2.75) is 6.54 Å². The number of nitriles is 1. The molecule has 2 heterocycles. The Hall–Kier alpha value is -3.59. The summed E-state index contributed by atoms with van der Waals surface area (Å²) >= 11 is 0. The molecule has 2 aromatic heterocycles. The van der Waals surface area contributed by atoms with Crippen molar-refractivity contribution >= 4 is 28.7 Å². The van der Waals surface area contributed by atoms with Gasteiger partial charge in [-0.25, -0.2) is 4.98 Å². The van der Waals surface area contributed by atoms with Gasteiger partial charge >= 0.3 is 0 Å². The molecule has 130 valence electrons. The Morgan fingerprint density at radius 3 is 2.77 bits per heavy atom. The van der Waals surface area contributed by atoms with Crippen molar-refractivity contribution in [3.8, 4) is 6.07 Å². The molecule has 1 aromatic carbocycles. The number of pyridine rings is 1. The molecule has 26 heavy (non-hydrogen) atoms. The van der Waals surface area contributed by atoms with Crippen LogP contribution in [0.4, 0.5) is 5.69 Å². The van der Waals surface area contributed by atoms with Crippen LogP contribution in [-0.2, 0) is 11.3 Å². The highest BCUT2D eigenvalue weighted by molar-refractivity contribution is 6.03. The monoisotopic (exact) mass is 345 g/mol. The Morgan fingerprint density at radius 2 is 2.08 bits per heavy atom. The molecule has 2 N–H and O–H groups in total. The Kier molecular flexibility index (Phi) is 4.99. The SMILES string of the molecule is CN(C)c1ccc(CNC(=O)/C(C#N)=C/c2c[nH]c3ncccc23)cc1. The fourth-order valence-electron chi connectivity index (χ4n) is 2.59. The van der Waals surface area contributed by atoms with Gasteiger partial charge in [0.1, 0.15) is 17.3 Å². The molecule has 0 saturated carbocycles. The van der Waals surface area contributed by atoms with E-state index in [0.717, 1.165) is 27.8 Å². The van der Waals surface area contributed by atoms with Crippen LogP contribution in [0.15, 0.2) is 54.4 Å². The lowest BCUT2D eigenvalue weighted by Gasteiger charge is -2.12. The molecule has 1 amide bonds. The molecule has 3 rings (SSSR count). The molecule has 0 unspecified atom stereocenters. The van der Waals surface area contributed by atoms with E-state index in [1.54, 1.807) is 18.5 Å². The minimum atomic E-state index is -0.401. The molecular weight excluding hydrogens is 326 g/mol. The quantitative estimate of drug-likeness (QED) is 0.550. The third-order valence-electron chi connectivity index (χ3n) is 4.05. The normalized spacial score (nSPS) is 11.2. The van der Waals surface area contributed by atoms with Crippen LogP contribution in [0.3, 0.4) is 0 Å². The number of rotatable bonds is 5. The Bertz CT molecular complexity index is 993. The van der Waals surface area contributed by atoms with Crippen molar-refractivity contribution in [3.63, 3.8) is 0 Å². The highest BCUT2D eigenvalue weighted by Crippen LogP contribution is 2.18. The van der Waals surface area contributed by atoms with Gasteiger partial charge in [-0.3, -0.25) is 4.79 Å². The van der Waals surface area contributed by atoms with E-state index in [9.17, 15) is 10.1 Å². The number of aromatic amines is 1. The first-order valence-corrected chi connectivity index (χ1v) is 8.17. The Balaban J connectivity index is 1.72. The maximum absolute atomic E-state index is 12.3. The molecule has 0 spiro atoms. The number of benzene rings is 1. The number of H-pyrrole nitrogens is 1. The van der Waals surface area contributed by atoms with E-state index in [1.807, 2.05) is 61.5 Å². The van der Waals surface area contributed by atoms with Gasteiger partial charge in [0.15, 0.2) is 0 Å². The summed E-state index contributed by atoms with van der Waals surface area (Å²) in [6.45, 7) is 0.362. The highest BCUT2D eigenvalue weighted by Gasteiger charge is 2.11. The van der Waals surface area contributed by atoms with Gasteiger partial charge in [-0.1, -0.05) is 12.1 Å². The van der Waals surface area contributed by atoms with E-state index < -0.39 is 5.91 Å². The zero-order chi connectivity index (χ0) is 18.5. The smallest absolute Gasteiger partial charge is 0.262 e. The van der Waals surface area contributed by atoms with Crippen LogP contribution in [-0.4, -0.2) is 30.0 Å². The molecule has 0 bridgehead atoms. The van der Waals surface area contributed by atoms with Crippen molar-refractivity contribution in [1.82, 2.24) is 15.3 Å². The second kappa shape index (κ2) is 7.53. The van der Waals surface area contributed by atoms with Gasteiger partial charge in [0.05, 0.1) is 0 Å². The van der Waals surface area contributed by atoms with Crippen molar-refractivity contribution < 1.29 is 4.79 Å². The summed E-state index contributed by atoms with van der Waals surface area (Å²) in [5, 5.41) is 13.0. The second-order valence-electron chi connectivity index (χ2n) is 6.06. The van der Waals surface area contributed by atoms with Gasteiger partial charge in [0, 0.05) is 49.7 Å². The average Bonchev–Trinajstić information content (AvgIpc) is 3.07. The Labute approximate surface area is 151 Å². The van der Waals surface area contributed by atoms with Crippen LogP contribution in [0.5, 0.6) is 0 Å². The van der Waals surface area contributed by atoms with E-state index in [2.05, 4.69) is 15.3 Å². The van der Waals surface area contributed by atoms with E-state index in [0.29, 0.717) is 6.54 Å². The van der Waals surface area contributed by atoms with E-state index in [1.165, 1.54) is 0 Å². The lowest BCUT2D eigenvalue weighted by molar-refractivity contribution is -0.117. The van der Waals surface area contributed by atoms with Gasteiger partial charge in [-0.05, 0) is 35.9 Å². The largest absolute Gasteiger partial charge is 0.378 e. The second-order valence-corrected chi connectivity index (χ2v) is 6.06. The molecule has 0 fully saturated rings. The minimum Gasteiger partial charge on any atom is -0.378 e. The topological polar surface area (TPSA) is 84.8 Å². The van der Waals surface area contributed by atoms with Crippen molar-refractivity contribution in [3.05, 3.63) is 65.5 Å². The van der Waals surface area contributed by atoms with Crippen molar-refractivity contribution in [1.29, 1.82) is 5.26 Å². The average molecular weight is 345 g/mol. The maximum atomic E-state index is 12.3. The first-order chi connectivity index (χ1) is 12.6. The fraction of sp³-hybridized carbons (Fsp3) is 0.150. The van der Waals surface area contributed by atoms with Crippen LogP contribution in [0, 0.1) is 11.3 Å². The lowest BCUT2D eigenvalue weighted by atomic mass is 10.1. The number of aromatic nitrogens is 2. The molecule has 0 aliphatic rings. The summed E-state index contributed by atoms with van der Waals surface area (Å²) in [7, 11) is 3.95. The molecule has 6 nitrogen and oxygen atoms in total. The summed E-state index contributed by atoms with van der Waals surface area (Å²) < 4.78 is 0. The van der Waals surface area contributed by atoms with Gasteiger partial charge in [0.25, 0.3) is 5.91 Å². The van der Waals surface area contributed by atoms with Crippen LogP contribution in [0.1, 0.15) is 11.1 Å². The number of hydrogen-bond acceptors (Lipinski definition) is 4. The molecule has 0 radical (unpaired) electrons. The number of anilines is 1. The predicted octanol–water partition coefficient (Wildman–Crippen LogP) is 2.85. The number of amides is 1. The number of carbonyl (C=O) groups excluding carboxylic acids is 1. The van der Waals surface area contributed by atoms with Crippen molar-refractivity contribution in [2.24, 2.45) is 0 Å². The van der Waals surface area contributed by atoms with Crippen LogP contribution < -0.4 is 10.2 Å². The zero-order valence-electron chi connectivity index (χ0n) is 14.7. The molecule has 0 aliphatic heterocycles. The van der Waals surface area contributed by atoms with E-state index in [-0.39, 0.29) is 5.57 Å². The fourth-order valence-corrected chi connectivity index (χ4v) is 2.59. The number of nitrogens with zero attached hydrogens (tertiary/aromatic N) is 3. The first-order valence-electron chi connectivity index (χ1n) is 8.17. The molecular formula is C20H19N5O. The van der Waals surface area contributed by atoms with Crippen molar-refractivity contribution in [2.75, 3.05) is 19.0 Å². The van der Waals surface area contributed by atoms with E-state index >= 15 is 0 Å². The van der Waals surface area contributed by atoms with Gasteiger partial charge in [-0.2, -0.15) is 5.26 Å². The summed E-state index contributed by atoms with van der Waals surface area (Å²) in [5.41, 5.74) is 3.59. The molecule has 0 aliphatic carbocycles. The van der Waals surface area contributed by atoms with Crippen LogP contribution >= 0.6 is 0 Å². The lowest BCUT2D eigenvalue weighted by Crippen LogP contribution is -2.24. The molecule has 3 aromatic rings. The number of carbonyl (C=O) groups is 1. The van der Waals surface area contributed by atoms with Crippen LogP contribution in [0.2, 0.25) is 0 Å². The summed E-state index contributed by atoms with van der Waals surface area (Å²) in [6.07, 6.45) is 5.00. The Morgan fingerprint density at radius 1 is 1.31 bits per heavy atom. The number of hydrogen-bond donors (Lipinski definition) is 2. The number of nitrogens with one attached hydrogen (secondary N) is 2. The van der Waals surface area contributed by atoms with Gasteiger partial charge in [0.2, 0.25) is 0 Å². The molecule has 0 atom stereocenters. The van der Waals surface area contributed by atoms with Gasteiger partial charge < -0.3 is 15.2 Å². The maximum Gasteiger partial charge on any atom is 0.262 e. The minimum absolute atomic E-state index is 0.0552. The summed E-state index contributed by atoms with van der Waals surface area (Å²) in [6, 6.07) is 13.6. The third kappa shape index (κ3) is 3.73. The van der Waals surface area contributed by atoms with E-state index in [4.69, 9.17) is 0 Å².